The van der Waals surface area contributed by atoms with E-state index in [0.717, 1.165) is 24.3 Å². The number of carbonyl (C=O) groups excluding carboxylic acids is 1. The Bertz CT molecular complexity index is 644. The van der Waals surface area contributed by atoms with Crippen molar-refractivity contribution in [3.63, 3.8) is 0 Å². The molecule has 2 aliphatic rings. The van der Waals surface area contributed by atoms with Crippen molar-refractivity contribution in [2.45, 2.75) is 31.3 Å². The molecule has 2 atom stereocenters. The highest BCUT2D eigenvalue weighted by Crippen LogP contribution is 2.21. The number of rotatable bonds is 2. The normalized spacial score (nSPS) is 23.2. The van der Waals surface area contributed by atoms with E-state index in [9.17, 15) is 4.79 Å². The quantitative estimate of drug-likeness (QED) is 0.917. The van der Waals surface area contributed by atoms with Crippen LogP contribution in [0.2, 0.25) is 0 Å². The van der Waals surface area contributed by atoms with Crippen LogP contribution in [0.1, 0.15) is 29.6 Å². The van der Waals surface area contributed by atoms with Gasteiger partial charge >= 0.3 is 0 Å². The van der Waals surface area contributed by atoms with Crippen LogP contribution in [0, 0.1) is 0 Å². The van der Waals surface area contributed by atoms with Crippen LogP contribution in [-0.4, -0.2) is 45.5 Å². The van der Waals surface area contributed by atoms with E-state index in [1.54, 1.807) is 12.5 Å². The number of likely N-dealkylation sites (tertiary alicyclic amines) is 1. The minimum atomic E-state index is 0. The number of nitrogens with zero attached hydrogens (tertiary/aromatic N) is 3. The van der Waals surface area contributed by atoms with E-state index in [-0.39, 0.29) is 18.3 Å². The van der Waals surface area contributed by atoms with Crippen molar-refractivity contribution in [2.75, 3.05) is 13.1 Å². The fourth-order valence-electron chi connectivity index (χ4n) is 3.54. The summed E-state index contributed by atoms with van der Waals surface area (Å²) in [6.45, 7) is 1.66. The second-order valence-electron chi connectivity index (χ2n) is 6.22. The molecule has 3 heterocycles. The van der Waals surface area contributed by atoms with Gasteiger partial charge in [-0.05, 0) is 37.1 Å². The van der Waals surface area contributed by atoms with Gasteiger partial charge in [-0.15, -0.1) is 12.4 Å². The molecule has 5 nitrogen and oxygen atoms in total. The van der Waals surface area contributed by atoms with Gasteiger partial charge in [-0.3, -0.25) is 4.79 Å². The highest BCUT2D eigenvalue weighted by molar-refractivity contribution is 5.94. The second-order valence-corrected chi connectivity index (χ2v) is 6.22. The Hall–Kier alpha value is -1.85. The van der Waals surface area contributed by atoms with Crippen molar-refractivity contribution < 1.29 is 4.79 Å². The number of piperidine rings is 1. The summed E-state index contributed by atoms with van der Waals surface area (Å²) < 4.78 is 1.93. The van der Waals surface area contributed by atoms with E-state index < -0.39 is 0 Å². The van der Waals surface area contributed by atoms with Crippen molar-refractivity contribution in [3.05, 3.63) is 48.5 Å². The lowest BCUT2D eigenvalue weighted by Crippen LogP contribution is -2.59. The van der Waals surface area contributed by atoms with Gasteiger partial charge in [-0.25, -0.2) is 4.98 Å². The zero-order valence-corrected chi connectivity index (χ0v) is 13.7. The lowest BCUT2D eigenvalue weighted by atomic mass is 9.94. The molecule has 0 spiro atoms. The number of amides is 1. The molecule has 2 fully saturated rings. The molecular formula is C17H21ClN4O. The number of hydrogen-bond donors (Lipinski definition) is 1. The van der Waals surface area contributed by atoms with Gasteiger partial charge in [0.2, 0.25) is 0 Å². The first-order chi connectivity index (χ1) is 10.8. The minimum Gasteiger partial charge on any atom is -0.336 e. The van der Waals surface area contributed by atoms with Crippen molar-refractivity contribution >= 4 is 18.3 Å². The number of fused-ring (bicyclic) bond motifs is 2. The lowest BCUT2D eigenvalue weighted by Gasteiger charge is -2.42. The summed E-state index contributed by atoms with van der Waals surface area (Å²) in [5.74, 6) is 0.149. The Morgan fingerprint density at radius 1 is 1.13 bits per heavy atom. The van der Waals surface area contributed by atoms with E-state index in [1.165, 1.54) is 19.3 Å². The number of benzene rings is 1. The monoisotopic (exact) mass is 332 g/mol. The van der Waals surface area contributed by atoms with Gasteiger partial charge < -0.3 is 14.8 Å². The average molecular weight is 333 g/mol. The largest absolute Gasteiger partial charge is 0.336 e. The fourth-order valence-corrected chi connectivity index (χ4v) is 3.54. The average Bonchev–Trinajstić information content (AvgIpc) is 3.08. The van der Waals surface area contributed by atoms with Gasteiger partial charge in [-0.2, -0.15) is 0 Å². The van der Waals surface area contributed by atoms with Crippen LogP contribution in [0.3, 0.4) is 0 Å². The molecule has 1 amide bonds. The Labute approximate surface area is 142 Å². The Morgan fingerprint density at radius 2 is 1.83 bits per heavy atom. The van der Waals surface area contributed by atoms with Crippen molar-refractivity contribution in [1.29, 1.82) is 0 Å². The molecule has 2 aliphatic heterocycles. The van der Waals surface area contributed by atoms with E-state index in [1.807, 2.05) is 39.9 Å². The smallest absolute Gasteiger partial charge is 0.253 e. The number of piperazine rings is 1. The zero-order chi connectivity index (χ0) is 14.9. The van der Waals surface area contributed by atoms with Gasteiger partial charge in [0.15, 0.2) is 0 Å². The van der Waals surface area contributed by atoms with Crippen LogP contribution < -0.4 is 5.32 Å². The van der Waals surface area contributed by atoms with Crippen LogP contribution in [-0.2, 0) is 0 Å². The zero-order valence-electron chi connectivity index (χ0n) is 12.9. The van der Waals surface area contributed by atoms with Crippen molar-refractivity contribution in [1.82, 2.24) is 19.8 Å². The minimum absolute atomic E-state index is 0. The number of nitrogens with one attached hydrogen (secondary N) is 1. The third kappa shape index (κ3) is 3.26. The van der Waals surface area contributed by atoms with Gasteiger partial charge in [-0.1, -0.05) is 6.42 Å². The number of imidazole rings is 1. The summed E-state index contributed by atoms with van der Waals surface area (Å²) in [5, 5.41) is 3.61. The molecule has 1 N–H and O–H groups in total. The molecule has 6 heteroatoms. The lowest BCUT2D eigenvalue weighted by molar-refractivity contribution is 0.0608. The maximum absolute atomic E-state index is 12.7. The molecule has 0 saturated carbocycles. The van der Waals surface area contributed by atoms with Gasteiger partial charge in [0, 0.05) is 48.8 Å². The first kappa shape index (κ1) is 16.0. The Kier molecular flexibility index (Phi) is 4.68. The topological polar surface area (TPSA) is 50.2 Å². The van der Waals surface area contributed by atoms with Crippen LogP contribution in [0.4, 0.5) is 0 Å². The third-order valence-electron chi connectivity index (χ3n) is 4.66. The molecule has 4 rings (SSSR count). The summed E-state index contributed by atoms with van der Waals surface area (Å²) in [6.07, 6.45) is 9.05. The van der Waals surface area contributed by atoms with Crippen molar-refractivity contribution in [2.24, 2.45) is 0 Å². The maximum atomic E-state index is 12.7. The summed E-state index contributed by atoms with van der Waals surface area (Å²) in [6, 6.07) is 8.71. The Balaban J connectivity index is 0.00000156. The molecule has 1 aromatic heterocycles. The van der Waals surface area contributed by atoms with Crippen LogP contribution in [0.25, 0.3) is 5.69 Å². The molecule has 2 bridgehead atoms. The molecule has 1 aromatic carbocycles. The second kappa shape index (κ2) is 6.72. The summed E-state index contributed by atoms with van der Waals surface area (Å²) in [7, 11) is 0. The maximum Gasteiger partial charge on any atom is 0.253 e. The highest BCUT2D eigenvalue weighted by atomic mass is 35.5. The number of hydrogen-bond acceptors (Lipinski definition) is 3. The summed E-state index contributed by atoms with van der Waals surface area (Å²) in [4.78, 5) is 18.8. The van der Waals surface area contributed by atoms with Crippen LogP contribution in [0.15, 0.2) is 43.0 Å². The molecular weight excluding hydrogens is 312 g/mol. The highest BCUT2D eigenvalue weighted by Gasteiger charge is 2.32. The summed E-state index contributed by atoms with van der Waals surface area (Å²) in [5.41, 5.74) is 1.79. The number of carbonyl (C=O) groups is 1. The standard InChI is InChI=1S/C17H20N4O.ClH/c22-17(21-10-14-2-1-3-15(11-21)19-14)13-4-6-16(7-5-13)20-9-8-18-12-20;/h4-9,12,14-15,19H,1-3,10-11H2;1H. The SMILES string of the molecule is Cl.O=C(c1ccc(-n2ccnc2)cc1)N1CC2CCCC(C1)N2. The van der Waals surface area contributed by atoms with Crippen LogP contribution in [0.5, 0.6) is 0 Å². The molecule has 2 unspecified atom stereocenters. The fraction of sp³-hybridized carbons (Fsp3) is 0.412. The molecule has 2 saturated heterocycles. The molecule has 23 heavy (non-hydrogen) atoms. The molecule has 122 valence electrons. The predicted octanol–water partition coefficient (Wildman–Crippen LogP) is 2.26. The molecule has 2 aromatic rings. The number of halogens is 1. The van der Waals surface area contributed by atoms with E-state index in [4.69, 9.17) is 0 Å². The van der Waals surface area contributed by atoms with E-state index in [0.29, 0.717) is 12.1 Å². The Morgan fingerprint density at radius 3 is 2.43 bits per heavy atom. The first-order valence-corrected chi connectivity index (χ1v) is 7.93. The molecule has 0 radical (unpaired) electrons. The van der Waals surface area contributed by atoms with Crippen LogP contribution >= 0.6 is 12.4 Å². The van der Waals surface area contributed by atoms with E-state index in [2.05, 4.69) is 10.3 Å². The van der Waals surface area contributed by atoms with Crippen molar-refractivity contribution in [3.8, 4) is 5.69 Å². The first-order valence-electron chi connectivity index (χ1n) is 7.93. The third-order valence-corrected chi connectivity index (χ3v) is 4.66. The van der Waals surface area contributed by atoms with Gasteiger partial charge in [0.25, 0.3) is 5.91 Å². The summed E-state index contributed by atoms with van der Waals surface area (Å²) >= 11 is 0. The molecule has 0 aliphatic carbocycles. The predicted molar refractivity (Wildman–Crippen MR) is 91.3 cm³/mol. The van der Waals surface area contributed by atoms with Gasteiger partial charge in [0.05, 0.1) is 6.33 Å². The number of aromatic nitrogens is 2. The van der Waals surface area contributed by atoms with E-state index >= 15 is 0 Å². The van der Waals surface area contributed by atoms with Gasteiger partial charge in [0.1, 0.15) is 0 Å².